The van der Waals surface area contributed by atoms with Gasteiger partial charge < -0.3 is 50.5 Å². The van der Waals surface area contributed by atoms with Crippen LogP contribution in [0.5, 0.6) is 0 Å². The zero-order valence-electron chi connectivity index (χ0n) is 39.8. The lowest BCUT2D eigenvalue weighted by atomic mass is 9.81. The molecule has 0 bridgehead atoms. The molecule has 2 aliphatic heterocycles. The highest BCUT2D eigenvalue weighted by atomic mass is 19.1. The maximum atomic E-state index is 15.3. The van der Waals surface area contributed by atoms with Crippen molar-refractivity contribution in [3.05, 3.63) is 121 Å². The molecule has 0 radical (unpaired) electrons. The van der Waals surface area contributed by atoms with Crippen LogP contribution in [0, 0.1) is 18.7 Å². The van der Waals surface area contributed by atoms with Crippen molar-refractivity contribution < 1.29 is 52.5 Å². The molecule has 2 aromatic heterocycles. The van der Waals surface area contributed by atoms with E-state index in [1.54, 1.807) is 33.8 Å². The van der Waals surface area contributed by atoms with E-state index in [1.807, 2.05) is 48.5 Å². The number of amides is 5. The molecule has 0 saturated heterocycles. The number of aliphatic hydroxyl groups is 1. The van der Waals surface area contributed by atoms with Crippen LogP contribution in [-0.2, 0) is 63.4 Å². The number of pyridine rings is 2. The smallest absolute Gasteiger partial charge is 0.407 e. The van der Waals surface area contributed by atoms with Crippen LogP contribution in [0.4, 0.5) is 9.18 Å². The Kier molecular flexibility index (Phi) is 13.2. The van der Waals surface area contributed by atoms with Crippen LogP contribution >= 0.6 is 0 Å². The van der Waals surface area contributed by atoms with Crippen LogP contribution in [0.2, 0.25) is 0 Å². The van der Waals surface area contributed by atoms with Crippen LogP contribution in [0.15, 0.2) is 65.5 Å². The Morgan fingerprint density at radius 1 is 0.930 bits per heavy atom. The Bertz CT molecular complexity index is 3070. The van der Waals surface area contributed by atoms with Crippen molar-refractivity contribution in [2.75, 3.05) is 26.5 Å². The number of esters is 1. The molecule has 0 unspecified atom stereocenters. The van der Waals surface area contributed by atoms with Gasteiger partial charge in [0.05, 0.1) is 41.6 Å². The summed E-state index contributed by atoms with van der Waals surface area (Å²) < 4.78 is 33.1. The van der Waals surface area contributed by atoms with Crippen molar-refractivity contribution in [1.82, 2.24) is 36.1 Å². The maximum Gasteiger partial charge on any atom is 0.407 e. The first-order valence-corrected chi connectivity index (χ1v) is 23.7. The summed E-state index contributed by atoms with van der Waals surface area (Å²) in [5.74, 6) is -4.30. The molecule has 2 aliphatic carbocycles. The fourth-order valence-corrected chi connectivity index (χ4v) is 10.3. The van der Waals surface area contributed by atoms with Crippen LogP contribution < -0.4 is 32.1 Å². The SMILES string of the molecule is CC[C@@]1(O)C(=O)OCc2c1cc1n(c2=O)Cc2c-1nc1cc(F)c(C)c3c1c2[C@@H](NC(=O)COCNC(=O)CNC(=O)[C@H](C)NC(=O)[C@@H](NC(=O)OCC1c2ccccc2-c2ccccc21)C(C)C)CC3. The molecule has 18 nitrogen and oxygen atoms in total. The van der Waals surface area contributed by atoms with Gasteiger partial charge in [-0.2, -0.15) is 0 Å². The van der Waals surface area contributed by atoms with E-state index < -0.39 is 83.9 Å². The van der Waals surface area contributed by atoms with E-state index in [1.165, 1.54) is 17.6 Å². The van der Waals surface area contributed by atoms with Gasteiger partial charge in [0, 0.05) is 28.5 Å². The average Bonchev–Trinajstić information content (AvgIpc) is 3.89. The number of benzene rings is 3. The van der Waals surface area contributed by atoms with Gasteiger partial charge in [-0.25, -0.2) is 19.0 Å². The zero-order valence-corrected chi connectivity index (χ0v) is 39.8. The van der Waals surface area contributed by atoms with Gasteiger partial charge in [0.2, 0.25) is 23.6 Å². The fraction of sp³-hybridized carbons (Fsp3) is 0.385. The molecule has 370 valence electrons. The number of halogens is 1. The first-order valence-electron chi connectivity index (χ1n) is 23.7. The number of aromatic nitrogens is 2. The van der Waals surface area contributed by atoms with E-state index in [9.17, 15) is 38.7 Å². The number of carbonyl (C=O) groups is 6. The number of nitrogens with one attached hydrogen (secondary N) is 5. The highest BCUT2D eigenvalue weighted by molar-refractivity contribution is 5.95. The largest absolute Gasteiger partial charge is 0.458 e. The Hall–Kier alpha value is -7.51. The highest BCUT2D eigenvalue weighted by Crippen LogP contribution is 2.47. The first-order chi connectivity index (χ1) is 34.0. The summed E-state index contributed by atoms with van der Waals surface area (Å²) in [6.45, 7) is 6.71. The lowest BCUT2D eigenvalue weighted by Gasteiger charge is -2.31. The predicted octanol–water partition coefficient (Wildman–Crippen LogP) is 3.91. The Labute approximate surface area is 407 Å². The van der Waals surface area contributed by atoms with E-state index in [0.29, 0.717) is 51.8 Å². The van der Waals surface area contributed by atoms with Gasteiger partial charge >= 0.3 is 12.1 Å². The number of alkyl carbamates (subject to hydrolysis) is 1. The Morgan fingerprint density at radius 2 is 1.63 bits per heavy atom. The molecule has 71 heavy (non-hydrogen) atoms. The molecular weight excluding hydrogens is 918 g/mol. The van der Waals surface area contributed by atoms with Crippen LogP contribution in [0.3, 0.4) is 0 Å². The highest BCUT2D eigenvalue weighted by Gasteiger charge is 2.46. The van der Waals surface area contributed by atoms with Crippen molar-refractivity contribution in [1.29, 1.82) is 0 Å². The maximum absolute atomic E-state index is 15.3. The minimum absolute atomic E-state index is 0.0373. The number of carbonyl (C=O) groups excluding carboxylic acids is 6. The second-order valence-corrected chi connectivity index (χ2v) is 18.7. The summed E-state index contributed by atoms with van der Waals surface area (Å²) in [6, 6.07) is 16.0. The van der Waals surface area contributed by atoms with Crippen molar-refractivity contribution in [2.45, 2.75) is 96.7 Å². The molecule has 4 atom stereocenters. The number of nitrogens with zero attached hydrogens (tertiary/aromatic N) is 2. The third-order valence-corrected chi connectivity index (χ3v) is 14.1. The van der Waals surface area contributed by atoms with Gasteiger partial charge in [-0.3, -0.25) is 24.0 Å². The third-order valence-electron chi connectivity index (χ3n) is 14.1. The van der Waals surface area contributed by atoms with Crippen molar-refractivity contribution in [2.24, 2.45) is 5.92 Å². The van der Waals surface area contributed by atoms with E-state index in [-0.39, 0.29) is 55.9 Å². The number of cyclic esters (lactones) is 1. The fourth-order valence-electron chi connectivity index (χ4n) is 10.3. The monoisotopic (exact) mass is 971 g/mol. The molecule has 19 heteroatoms. The van der Waals surface area contributed by atoms with Gasteiger partial charge in [0.1, 0.15) is 44.5 Å². The molecule has 0 spiro atoms. The summed E-state index contributed by atoms with van der Waals surface area (Å²) in [4.78, 5) is 96.8. The normalized spacial score (nSPS) is 18.0. The lowest BCUT2D eigenvalue weighted by Crippen LogP contribution is -2.55. The predicted molar refractivity (Wildman–Crippen MR) is 255 cm³/mol. The minimum Gasteiger partial charge on any atom is -0.458 e. The summed E-state index contributed by atoms with van der Waals surface area (Å²) in [7, 11) is 0. The van der Waals surface area contributed by atoms with E-state index in [4.69, 9.17) is 19.2 Å². The van der Waals surface area contributed by atoms with E-state index in [2.05, 4.69) is 26.6 Å². The Morgan fingerprint density at radius 3 is 2.32 bits per heavy atom. The number of fused-ring (bicyclic) bond motifs is 8. The molecule has 0 saturated carbocycles. The van der Waals surface area contributed by atoms with Gasteiger partial charge in [-0.1, -0.05) is 69.3 Å². The van der Waals surface area contributed by atoms with E-state index in [0.717, 1.165) is 27.8 Å². The lowest BCUT2D eigenvalue weighted by molar-refractivity contribution is -0.172. The molecule has 4 aliphatic rings. The second-order valence-electron chi connectivity index (χ2n) is 18.7. The summed E-state index contributed by atoms with van der Waals surface area (Å²) in [5.41, 5.74) is 5.57. The number of hydrogen-bond acceptors (Lipinski definition) is 12. The number of aryl methyl sites for hydroxylation is 1. The standard InChI is InChI=1S/C52H54FN7O11/c1-6-52(68)36-17-40-46-33(20-60(40)49(65)35(36)22-70-50(52)66)44-38(16-15-28-26(4)37(53)18-39(58-46)43(28)44)57-42(62)23-69-24-55-41(61)19-54-47(63)27(5)56-48(64)45(25(2)3)59-51(67)71-21-34-31-13-9-7-11-29(31)30-12-8-10-14-32(30)34/h7-14,17-18,25,27,34,38,45,68H,6,15-16,19-24H2,1-5H3,(H,54,63)(H,55,61)(H,56,64)(H,57,62)(H,59,67)/t27-,38-,45-,52-/m0/s1. The molecule has 5 amide bonds. The first kappa shape index (κ1) is 48.5. The minimum atomic E-state index is -2.04. The quantitative estimate of drug-likeness (QED) is 0.0488. The molecule has 6 N–H and O–H groups in total. The molecule has 3 aromatic carbocycles. The van der Waals surface area contributed by atoms with Crippen LogP contribution in [0.25, 0.3) is 33.4 Å². The van der Waals surface area contributed by atoms with Gasteiger partial charge in [0.15, 0.2) is 5.60 Å². The van der Waals surface area contributed by atoms with Gasteiger partial charge in [0.25, 0.3) is 5.56 Å². The second kappa shape index (κ2) is 19.4. The van der Waals surface area contributed by atoms with Gasteiger partial charge in [-0.15, -0.1) is 0 Å². The third kappa shape index (κ3) is 8.88. The molecule has 9 rings (SSSR count). The summed E-state index contributed by atoms with van der Waals surface area (Å²) >= 11 is 0. The molecule has 4 heterocycles. The number of rotatable bonds is 15. The number of ether oxygens (including phenoxy) is 3. The topological polar surface area (TPSA) is 245 Å². The zero-order chi connectivity index (χ0) is 50.5. The summed E-state index contributed by atoms with van der Waals surface area (Å²) in [5, 5.41) is 25.1. The average molecular weight is 972 g/mol. The molecule has 5 aromatic rings. The Balaban J connectivity index is 0.762. The van der Waals surface area contributed by atoms with E-state index >= 15 is 4.39 Å². The van der Waals surface area contributed by atoms with Crippen molar-refractivity contribution >= 4 is 46.6 Å². The summed E-state index contributed by atoms with van der Waals surface area (Å²) in [6.07, 6.45) is -0.0145. The number of hydrogen-bond donors (Lipinski definition) is 6. The molecular formula is C52H54FN7O11. The van der Waals surface area contributed by atoms with Gasteiger partial charge in [-0.05, 0) is 84.0 Å². The van der Waals surface area contributed by atoms with Crippen LogP contribution in [0.1, 0.15) is 97.0 Å². The van der Waals surface area contributed by atoms with Crippen molar-refractivity contribution in [3.63, 3.8) is 0 Å². The van der Waals surface area contributed by atoms with Crippen LogP contribution in [-0.4, -0.2) is 88.9 Å². The van der Waals surface area contributed by atoms with Crippen molar-refractivity contribution in [3.8, 4) is 22.5 Å². The molecule has 0 fully saturated rings.